The minimum absolute atomic E-state index is 0.0130. The second-order valence-electron chi connectivity index (χ2n) is 8.38. The predicted molar refractivity (Wildman–Crippen MR) is 123 cm³/mol. The Morgan fingerprint density at radius 2 is 1.85 bits per heavy atom. The van der Waals surface area contributed by atoms with Crippen LogP contribution in [0.2, 0.25) is 0 Å². The summed E-state index contributed by atoms with van der Waals surface area (Å²) in [6, 6.07) is 5.49. The maximum Gasteiger partial charge on any atom is 0.407 e. The lowest BCUT2D eigenvalue weighted by atomic mass is 10.1. The van der Waals surface area contributed by atoms with Crippen molar-refractivity contribution >= 4 is 22.9 Å². The number of benzene rings is 1. The van der Waals surface area contributed by atoms with Gasteiger partial charge in [0.15, 0.2) is 0 Å². The van der Waals surface area contributed by atoms with Gasteiger partial charge in [0.05, 0.1) is 31.2 Å². The van der Waals surface area contributed by atoms with Crippen LogP contribution in [0.15, 0.2) is 24.5 Å². The molecule has 0 spiro atoms. The zero-order valence-electron chi connectivity index (χ0n) is 18.5. The molecule has 1 aliphatic heterocycles. The van der Waals surface area contributed by atoms with Gasteiger partial charge in [-0.1, -0.05) is 11.8 Å². The number of ether oxygens (including phenoxy) is 2. The number of carboxylic acid groups (broad SMARTS) is 1. The van der Waals surface area contributed by atoms with E-state index in [9.17, 15) is 9.90 Å². The van der Waals surface area contributed by atoms with Crippen LogP contribution in [-0.2, 0) is 0 Å². The van der Waals surface area contributed by atoms with E-state index >= 15 is 0 Å². The second kappa shape index (κ2) is 8.20. The fraction of sp³-hybridized carbons (Fsp3) is 0.375. The average Bonchev–Trinajstić information content (AvgIpc) is 3.43. The molecule has 2 aliphatic rings. The number of carbonyl (C=O) groups is 1. The van der Waals surface area contributed by atoms with Gasteiger partial charge in [0.1, 0.15) is 29.3 Å². The summed E-state index contributed by atoms with van der Waals surface area (Å²) in [5.41, 5.74) is 9.69. The molecule has 1 atom stereocenters. The van der Waals surface area contributed by atoms with Gasteiger partial charge in [-0.3, -0.25) is 0 Å². The molecule has 9 nitrogen and oxygen atoms in total. The Morgan fingerprint density at radius 1 is 1.12 bits per heavy atom. The van der Waals surface area contributed by atoms with Crippen LogP contribution in [0.3, 0.4) is 0 Å². The minimum Gasteiger partial charge on any atom is -0.497 e. The van der Waals surface area contributed by atoms with Crippen LogP contribution in [-0.4, -0.2) is 57.9 Å². The maximum absolute atomic E-state index is 11.5. The molecule has 5 rings (SSSR count). The molecule has 0 radical (unpaired) electrons. The number of hydrogen-bond donors (Lipinski definition) is 2. The van der Waals surface area contributed by atoms with Crippen molar-refractivity contribution in [1.82, 2.24) is 19.4 Å². The first-order valence-electron chi connectivity index (χ1n) is 10.9. The highest BCUT2D eigenvalue weighted by Crippen LogP contribution is 2.47. The van der Waals surface area contributed by atoms with Crippen LogP contribution >= 0.6 is 0 Å². The standard InChI is InChI=1S/C24H25N5O4/c1-32-17-9-14(10-18(11-17)33-2)3-6-19-20-22(25)26-13-27-23(20)29(21(19)15-4-5-15)16-7-8-28(12-16)24(30)31/h9-11,13,15-16H,4-5,7-8,12H2,1-2H3,(H,30,31)(H2,25,26,27)/t16-/m0/s1. The molecule has 0 unspecified atom stereocenters. The Hall–Kier alpha value is -3.93. The third-order valence-electron chi connectivity index (χ3n) is 6.30. The normalized spacial score (nSPS) is 17.6. The van der Waals surface area contributed by atoms with Crippen LogP contribution < -0.4 is 15.2 Å². The lowest BCUT2D eigenvalue weighted by molar-refractivity contribution is 0.154. The first-order valence-corrected chi connectivity index (χ1v) is 10.9. The molecular weight excluding hydrogens is 422 g/mol. The molecule has 1 aliphatic carbocycles. The second-order valence-corrected chi connectivity index (χ2v) is 8.38. The zero-order chi connectivity index (χ0) is 23.1. The molecule has 3 heterocycles. The van der Waals surface area contributed by atoms with E-state index in [0.29, 0.717) is 42.0 Å². The Labute approximate surface area is 191 Å². The summed E-state index contributed by atoms with van der Waals surface area (Å²) < 4.78 is 12.9. The molecule has 3 aromatic rings. The van der Waals surface area contributed by atoms with Crippen molar-refractivity contribution in [2.24, 2.45) is 0 Å². The Kier molecular flexibility index (Phi) is 5.21. The molecule has 0 bridgehead atoms. The molecule has 1 amide bonds. The van der Waals surface area contributed by atoms with Crippen LogP contribution in [0, 0.1) is 11.8 Å². The summed E-state index contributed by atoms with van der Waals surface area (Å²) in [5, 5.41) is 10.2. The van der Waals surface area contributed by atoms with Crippen LogP contribution in [0.4, 0.5) is 10.6 Å². The number of nitrogens with zero attached hydrogens (tertiary/aromatic N) is 4. The first kappa shape index (κ1) is 20.9. The smallest absolute Gasteiger partial charge is 0.407 e. The van der Waals surface area contributed by atoms with Gasteiger partial charge in [-0.25, -0.2) is 14.8 Å². The number of amides is 1. The SMILES string of the molecule is COc1cc(C#Cc2c(C3CC3)n([C@H]3CCN(C(=O)O)C3)c3ncnc(N)c23)cc(OC)c1. The molecule has 1 saturated heterocycles. The van der Waals surface area contributed by atoms with Gasteiger partial charge in [0, 0.05) is 36.3 Å². The third kappa shape index (κ3) is 3.78. The van der Waals surface area contributed by atoms with E-state index in [-0.39, 0.29) is 6.04 Å². The summed E-state index contributed by atoms with van der Waals surface area (Å²) in [6.45, 7) is 0.914. The van der Waals surface area contributed by atoms with Gasteiger partial charge in [-0.05, 0) is 31.4 Å². The van der Waals surface area contributed by atoms with Gasteiger partial charge in [-0.2, -0.15) is 0 Å². The number of anilines is 1. The van der Waals surface area contributed by atoms with Gasteiger partial charge >= 0.3 is 6.09 Å². The Balaban J connectivity index is 1.67. The zero-order valence-corrected chi connectivity index (χ0v) is 18.5. The Morgan fingerprint density at radius 3 is 2.45 bits per heavy atom. The van der Waals surface area contributed by atoms with Crippen molar-refractivity contribution in [3.8, 4) is 23.3 Å². The lowest BCUT2D eigenvalue weighted by Gasteiger charge is -2.18. The van der Waals surface area contributed by atoms with Gasteiger partial charge in [-0.15, -0.1) is 0 Å². The van der Waals surface area contributed by atoms with Crippen molar-refractivity contribution in [2.75, 3.05) is 33.0 Å². The van der Waals surface area contributed by atoms with Gasteiger partial charge in [0.2, 0.25) is 0 Å². The third-order valence-corrected chi connectivity index (χ3v) is 6.30. The monoisotopic (exact) mass is 447 g/mol. The molecule has 33 heavy (non-hydrogen) atoms. The highest BCUT2D eigenvalue weighted by Gasteiger charge is 2.37. The maximum atomic E-state index is 11.5. The number of nitrogens with two attached hydrogens (primary N) is 1. The van der Waals surface area contributed by atoms with E-state index in [1.807, 2.05) is 12.1 Å². The van der Waals surface area contributed by atoms with E-state index in [1.165, 1.54) is 11.2 Å². The fourth-order valence-corrected chi connectivity index (χ4v) is 4.57. The summed E-state index contributed by atoms with van der Waals surface area (Å²) in [6.07, 6.45) is 3.39. The van der Waals surface area contributed by atoms with Crippen LogP contribution in [0.5, 0.6) is 11.5 Å². The Bertz CT molecular complexity index is 1280. The predicted octanol–water partition coefficient (Wildman–Crippen LogP) is 3.23. The van der Waals surface area contributed by atoms with Gasteiger partial charge in [0.25, 0.3) is 0 Å². The molecule has 9 heteroatoms. The number of rotatable bonds is 4. The number of aromatic nitrogens is 3. The largest absolute Gasteiger partial charge is 0.497 e. The quantitative estimate of drug-likeness (QED) is 0.590. The fourth-order valence-electron chi connectivity index (χ4n) is 4.57. The number of fused-ring (bicyclic) bond motifs is 1. The summed E-state index contributed by atoms with van der Waals surface area (Å²) in [7, 11) is 3.20. The van der Waals surface area contributed by atoms with Crippen molar-refractivity contribution in [1.29, 1.82) is 0 Å². The minimum atomic E-state index is -0.900. The van der Waals surface area contributed by atoms with Crippen LogP contribution in [0.25, 0.3) is 11.0 Å². The van der Waals surface area contributed by atoms with Crippen molar-refractivity contribution in [3.63, 3.8) is 0 Å². The number of likely N-dealkylation sites (tertiary alicyclic amines) is 1. The molecule has 3 N–H and O–H groups in total. The lowest BCUT2D eigenvalue weighted by Crippen LogP contribution is -2.27. The molecule has 170 valence electrons. The molecule has 1 aromatic carbocycles. The van der Waals surface area contributed by atoms with E-state index in [2.05, 4.69) is 26.4 Å². The topological polar surface area (TPSA) is 116 Å². The summed E-state index contributed by atoms with van der Waals surface area (Å²) in [4.78, 5) is 21.8. The molecule has 2 aromatic heterocycles. The number of nitrogen functional groups attached to an aromatic ring is 1. The molecule has 1 saturated carbocycles. The van der Waals surface area contributed by atoms with Crippen molar-refractivity contribution in [2.45, 2.75) is 31.2 Å². The van der Waals surface area contributed by atoms with Crippen LogP contribution in [0.1, 0.15) is 48.0 Å². The first-order chi connectivity index (χ1) is 16.0. The molecule has 2 fully saturated rings. The highest BCUT2D eigenvalue weighted by molar-refractivity contribution is 5.94. The van der Waals surface area contributed by atoms with E-state index in [1.54, 1.807) is 20.3 Å². The van der Waals surface area contributed by atoms with Crippen molar-refractivity contribution in [3.05, 3.63) is 41.3 Å². The van der Waals surface area contributed by atoms with E-state index in [0.717, 1.165) is 41.5 Å². The number of hydrogen-bond acceptors (Lipinski definition) is 6. The summed E-state index contributed by atoms with van der Waals surface area (Å²) in [5.74, 6) is 8.63. The number of methoxy groups -OCH3 is 2. The highest BCUT2D eigenvalue weighted by atomic mass is 16.5. The van der Waals surface area contributed by atoms with Crippen molar-refractivity contribution < 1.29 is 19.4 Å². The average molecular weight is 447 g/mol. The molecular formula is C24H25N5O4. The van der Waals surface area contributed by atoms with E-state index in [4.69, 9.17) is 15.2 Å². The summed E-state index contributed by atoms with van der Waals surface area (Å²) >= 11 is 0. The van der Waals surface area contributed by atoms with Gasteiger partial charge < -0.3 is 29.8 Å². The van der Waals surface area contributed by atoms with E-state index < -0.39 is 6.09 Å².